The molecule has 0 saturated carbocycles. The molecular weight excluding hydrogens is 472 g/mol. The Kier molecular flexibility index (Phi) is 8.22. The molecule has 0 radical (unpaired) electrons. The molecule has 0 unspecified atom stereocenters. The van der Waals surface area contributed by atoms with Gasteiger partial charge in [0.15, 0.2) is 0 Å². The van der Waals surface area contributed by atoms with Gasteiger partial charge in [-0.15, -0.1) is 0 Å². The van der Waals surface area contributed by atoms with Crippen molar-refractivity contribution in [3.8, 4) is 11.5 Å². The number of nitrogens with zero attached hydrogens (tertiary/aromatic N) is 2. The molecule has 0 bridgehead atoms. The first-order valence-electron chi connectivity index (χ1n) is 11.6. The first-order chi connectivity index (χ1) is 17.5. The van der Waals surface area contributed by atoms with Crippen LogP contribution in [0.2, 0.25) is 0 Å². The molecule has 0 atom stereocenters. The fraction of sp³-hybridized carbons (Fsp3) is 0.360. The second-order valence-electron chi connectivity index (χ2n) is 7.98. The van der Waals surface area contributed by atoms with Crippen LogP contribution in [0, 0.1) is 0 Å². The first-order valence-corrected chi connectivity index (χ1v) is 11.6. The maximum Gasteiger partial charge on any atom is 0.410 e. The molecule has 36 heavy (non-hydrogen) atoms. The molecule has 11 nitrogen and oxygen atoms in total. The molecule has 0 aliphatic carbocycles. The van der Waals surface area contributed by atoms with E-state index in [1.165, 1.54) is 4.90 Å². The summed E-state index contributed by atoms with van der Waals surface area (Å²) in [5.74, 6) is 0.0430. The van der Waals surface area contributed by atoms with Gasteiger partial charge in [0.2, 0.25) is 0 Å². The Labute approximate surface area is 207 Å². The molecule has 2 saturated heterocycles. The Hall–Kier alpha value is -4.28. The molecule has 0 aromatic heterocycles. The van der Waals surface area contributed by atoms with E-state index in [0.717, 1.165) is 0 Å². The molecule has 4 rings (SSSR count). The number of carbonyl (C=O) groups is 4. The van der Waals surface area contributed by atoms with Gasteiger partial charge in [-0.3, -0.25) is 0 Å². The lowest BCUT2D eigenvalue weighted by Crippen LogP contribution is -2.29. The molecule has 2 aromatic rings. The Bertz CT molecular complexity index is 1090. The number of esters is 2. The monoisotopic (exact) mass is 498 g/mol. The molecule has 0 N–H and O–H groups in total. The zero-order chi connectivity index (χ0) is 25.3. The van der Waals surface area contributed by atoms with Crippen LogP contribution in [0.3, 0.4) is 0 Å². The van der Waals surface area contributed by atoms with Crippen molar-refractivity contribution in [1.29, 1.82) is 0 Å². The molecule has 2 heterocycles. The van der Waals surface area contributed by atoms with E-state index in [9.17, 15) is 19.2 Å². The van der Waals surface area contributed by atoms with Crippen LogP contribution in [0.25, 0.3) is 0 Å². The van der Waals surface area contributed by atoms with E-state index in [1.54, 1.807) is 53.4 Å². The van der Waals surface area contributed by atoms with Gasteiger partial charge in [0.05, 0.1) is 37.4 Å². The lowest BCUT2D eigenvalue weighted by Gasteiger charge is -2.12. The minimum atomic E-state index is -0.502. The van der Waals surface area contributed by atoms with Crippen LogP contribution in [-0.4, -0.2) is 86.5 Å². The van der Waals surface area contributed by atoms with Gasteiger partial charge >= 0.3 is 24.1 Å². The second kappa shape index (κ2) is 11.9. The van der Waals surface area contributed by atoms with E-state index in [1.807, 2.05) is 0 Å². The van der Waals surface area contributed by atoms with E-state index >= 15 is 0 Å². The van der Waals surface area contributed by atoms with Gasteiger partial charge in [0.1, 0.15) is 31.3 Å². The number of hydrogen-bond acceptors (Lipinski definition) is 9. The average Bonchev–Trinajstić information content (AvgIpc) is 3.49. The third-order valence-corrected chi connectivity index (χ3v) is 5.51. The molecule has 11 heteroatoms. The number of benzene rings is 2. The van der Waals surface area contributed by atoms with E-state index in [-0.39, 0.29) is 25.9 Å². The van der Waals surface area contributed by atoms with Gasteiger partial charge in [0, 0.05) is 6.54 Å². The summed E-state index contributed by atoms with van der Waals surface area (Å²) in [5, 5.41) is 0. The first kappa shape index (κ1) is 24.8. The van der Waals surface area contributed by atoms with E-state index in [0.29, 0.717) is 61.9 Å². The predicted molar refractivity (Wildman–Crippen MR) is 124 cm³/mol. The third kappa shape index (κ3) is 6.65. The minimum absolute atomic E-state index is 0.0774. The largest absolute Gasteiger partial charge is 0.462 e. The highest BCUT2D eigenvalue weighted by Crippen LogP contribution is 2.22. The summed E-state index contributed by atoms with van der Waals surface area (Å²) in [4.78, 5) is 50.2. The number of cyclic esters (lactones) is 2. The summed E-state index contributed by atoms with van der Waals surface area (Å²) in [7, 11) is 0. The Morgan fingerprint density at radius 2 is 1.17 bits per heavy atom. The van der Waals surface area contributed by atoms with Crippen LogP contribution in [-0.2, 0) is 18.9 Å². The van der Waals surface area contributed by atoms with Crippen molar-refractivity contribution in [1.82, 2.24) is 9.80 Å². The number of hydrogen-bond donors (Lipinski definition) is 0. The van der Waals surface area contributed by atoms with Gasteiger partial charge in [-0.25, -0.2) is 19.2 Å². The Balaban J connectivity index is 1.18. The number of carbonyl (C=O) groups excluding carboxylic acids is 4. The van der Waals surface area contributed by atoms with Crippen LogP contribution in [0.4, 0.5) is 9.59 Å². The van der Waals surface area contributed by atoms with Crippen molar-refractivity contribution < 1.29 is 42.9 Å². The van der Waals surface area contributed by atoms with Gasteiger partial charge < -0.3 is 33.5 Å². The molecule has 2 amide bonds. The average molecular weight is 498 g/mol. The molecular formula is C25H26N2O9. The smallest absolute Gasteiger partial charge is 0.410 e. The van der Waals surface area contributed by atoms with Crippen molar-refractivity contribution in [2.45, 2.75) is 6.42 Å². The summed E-state index contributed by atoms with van der Waals surface area (Å²) < 4.78 is 25.9. The van der Waals surface area contributed by atoms with Crippen LogP contribution in [0.1, 0.15) is 27.1 Å². The van der Waals surface area contributed by atoms with Crippen molar-refractivity contribution in [2.75, 3.05) is 52.6 Å². The molecule has 2 aromatic carbocycles. The van der Waals surface area contributed by atoms with Gasteiger partial charge in [-0.2, -0.15) is 0 Å². The molecule has 190 valence electrons. The molecule has 2 fully saturated rings. The van der Waals surface area contributed by atoms with Crippen molar-refractivity contribution in [3.05, 3.63) is 59.7 Å². The fourth-order valence-corrected chi connectivity index (χ4v) is 3.55. The standard InChI is InChI=1S/C25H26N2O9/c28-22(32-14-1-10-26-12-16-34-24(26)30)18-2-6-20(7-3-18)36-21-8-4-19(5-9-21)23(29)33-15-11-27-13-17-35-25(27)31/h2-9H,1,10-17H2. The highest BCUT2D eigenvalue weighted by molar-refractivity contribution is 5.90. The van der Waals surface area contributed by atoms with Crippen molar-refractivity contribution in [2.24, 2.45) is 0 Å². The lowest BCUT2D eigenvalue weighted by molar-refractivity contribution is 0.0473. The van der Waals surface area contributed by atoms with Gasteiger partial charge in [-0.1, -0.05) is 0 Å². The number of rotatable bonds is 11. The molecule has 2 aliphatic heterocycles. The number of ether oxygens (including phenoxy) is 5. The minimum Gasteiger partial charge on any atom is -0.462 e. The SMILES string of the molecule is O=C(OCCCN1CCOC1=O)c1ccc(Oc2ccc(C(=O)OCCN3CCOC3=O)cc2)cc1. The summed E-state index contributed by atoms with van der Waals surface area (Å²) in [6.07, 6.45) is -0.215. The van der Waals surface area contributed by atoms with E-state index < -0.39 is 18.0 Å². The van der Waals surface area contributed by atoms with E-state index in [4.69, 9.17) is 23.7 Å². The molecule has 2 aliphatic rings. The summed E-state index contributed by atoms with van der Waals surface area (Å²) in [6, 6.07) is 12.9. The molecule has 0 spiro atoms. The van der Waals surface area contributed by atoms with Crippen LogP contribution in [0.15, 0.2) is 48.5 Å². The third-order valence-electron chi connectivity index (χ3n) is 5.51. The van der Waals surface area contributed by atoms with Gasteiger partial charge in [0.25, 0.3) is 0 Å². The zero-order valence-corrected chi connectivity index (χ0v) is 19.6. The lowest BCUT2D eigenvalue weighted by atomic mass is 10.2. The second-order valence-corrected chi connectivity index (χ2v) is 7.98. The quantitative estimate of drug-likeness (QED) is 0.261. The Morgan fingerprint density at radius 3 is 1.64 bits per heavy atom. The van der Waals surface area contributed by atoms with Gasteiger partial charge in [-0.05, 0) is 55.0 Å². The highest BCUT2D eigenvalue weighted by Gasteiger charge is 2.22. The van der Waals surface area contributed by atoms with Crippen molar-refractivity contribution >= 4 is 24.1 Å². The highest BCUT2D eigenvalue weighted by atomic mass is 16.6. The zero-order valence-electron chi connectivity index (χ0n) is 19.6. The Morgan fingerprint density at radius 1 is 0.694 bits per heavy atom. The maximum atomic E-state index is 12.2. The topological polar surface area (TPSA) is 121 Å². The summed E-state index contributed by atoms with van der Waals surface area (Å²) in [6.45, 7) is 2.81. The maximum absolute atomic E-state index is 12.2. The normalized spacial score (nSPS) is 14.9. The van der Waals surface area contributed by atoms with Crippen molar-refractivity contribution in [3.63, 3.8) is 0 Å². The van der Waals surface area contributed by atoms with Crippen LogP contribution >= 0.6 is 0 Å². The van der Waals surface area contributed by atoms with E-state index in [2.05, 4.69) is 0 Å². The summed E-state index contributed by atoms with van der Waals surface area (Å²) >= 11 is 0. The summed E-state index contributed by atoms with van der Waals surface area (Å²) in [5.41, 5.74) is 0.731. The van der Waals surface area contributed by atoms with Crippen LogP contribution in [0.5, 0.6) is 11.5 Å². The fourth-order valence-electron chi connectivity index (χ4n) is 3.55. The van der Waals surface area contributed by atoms with Crippen LogP contribution < -0.4 is 4.74 Å². The number of amides is 2. The predicted octanol–water partition coefficient (Wildman–Crippen LogP) is 3.09.